The number of nitriles is 1. The molecule has 0 radical (unpaired) electrons. The molecule has 1 aromatic carbocycles. The third-order valence-electron chi connectivity index (χ3n) is 3.69. The summed E-state index contributed by atoms with van der Waals surface area (Å²) in [5, 5.41) is 15.5. The fraction of sp³-hybridized carbons (Fsp3) is 0.312. The molecule has 0 unspecified atom stereocenters. The van der Waals surface area contributed by atoms with Crippen LogP contribution in [0, 0.1) is 11.3 Å². The number of carbonyl (C=O) groups is 1. The molecule has 1 aliphatic rings. The minimum absolute atomic E-state index is 0.258. The second-order valence-corrected chi connectivity index (χ2v) is 5.14. The summed E-state index contributed by atoms with van der Waals surface area (Å²) in [7, 11) is 0. The van der Waals surface area contributed by atoms with Gasteiger partial charge in [-0.2, -0.15) is 5.26 Å². The van der Waals surface area contributed by atoms with Crippen LogP contribution in [-0.2, 0) is 12.8 Å². The van der Waals surface area contributed by atoms with Crippen LogP contribution in [-0.4, -0.2) is 11.1 Å². The summed E-state index contributed by atoms with van der Waals surface area (Å²) in [6.07, 6.45) is 4.99. The molecule has 5 nitrogen and oxygen atoms in total. The van der Waals surface area contributed by atoms with Gasteiger partial charge in [0.1, 0.15) is 5.76 Å². The van der Waals surface area contributed by atoms with E-state index in [2.05, 4.69) is 10.5 Å². The average Bonchev–Trinajstić information content (AvgIpc) is 2.77. The smallest absolute Gasteiger partial charge is 0.278 e. The molecular formula is C16H15N3O2. The average molecular weight is 281 g/mol. The highest BCUT2D eigenvalue weighted by molar-refractivity contribution is 6.03. The zero-order valence-corrected chi connectivity index (χ0v) is 11.6. The van der Waals surface area contributed by atoms with Crippen molar-refractivity contribution in [3.05, 3.63) is 46.8 Å². The molecule has 0 aliphatic heterocycles. The summed E-state index contributed by atoms with van der Waals surface area (Å²) < 4.78 is 5.31. The molecule has 21 heavy (non-hydrogen) atoms. The molecule has 3 rings (SSSR count). The van der Waals surface area contributed by atoms with E-state index in [0.717, 1.165) is 43.4 Å². The van der Waals surface area contributed by atoms with Gasteiger partial charge in [0.15, 0.2) is 5.69 Å². The number of nitrogens with zero attached hydrogens (tertiary/aromatic N) is 2. The van der Waals surface area contributed by atoms with Crippen LogP contribution in [0.25, 0.3) is 0 Å². The van der Waals surface area contributed by atoms with Crippen molar-refractivity contribution in [3.8, 4) is 6.07 Å². The third kappa shape index (κ3) is 2.79. The first kappa shape index (κ1) is 13.4. The second kappa shape index (κ2) is 5.80. The van der Waals surface area contributed by atoms with Crippen molar-refractivity contribution in [1.82, 2.24) is 5.16 Å². The lowest BCUT2D eigenvalue weighted by Gasteiger charge is -2.04. The molecule has 106 valence electrons. The van der Waals surface area contributed by atoms with Crippen LogP contribution >= 0.6 is 0 Å². The summed E-state index contributed by atoms with van der Waals surface area (Å²) in [6.45, 7) is 0. The predicted molar refractivity (Wildman–Crippen MR) is 76.9 cm³/mol. The van der Waals surface area contributed by atoms with Crippen LogP contribution < -0.4 is 5.32 Å². The van der Waals surface area contributed by atoms with Gasteiger partial charge in [0.25, 0.3) is 5.91 Å². The fourth-order valence-electron chi connectivity index (χ4n) is 2.56. The van der Waals surface area contributed by atoms with Crippen LogP contribution in [0.15, 0.2) is 28.8 Å². The van der Waals surface area contributed by atoms with Gasteiger partial charge in [-0.25, -0.2) is 0 Å². The topological polar surface area (TPSA) is 78.9 Å². The number of fused-ring (bicyclic) bond motifs is 1. The number of amides is 1. The van der Waals surface area contributed by atoms with E-state index in [4.69, 9.17) is 9.78 Å². The predicted octanol–water partition coefficient (Wildman–Crippen LogP) is 3.07. The van der Waals surface area contributed by atoms with Gasteiger partial charge in [0.2, 0.25) is 0 Å². The first-order valence-corrected chi connectivity index (χ1v) is 7.07. The Bertz CT molecular complexity index is 695. The van der Waals surface area contributed by atoms with E-state index in [1.54, 1.807) is 24.3 Å². The molecule has 0 atom stereocenters. The fourth-order valence-corrected chi connectivity index (χ4v) is 2.56. The first-order chi connectivity index (χ1) is 10.3. The molecule has 2 aromatic rings. The quantitative estimate of drug-likeness (QED) is 0.858. The minimum atomic E-state index is -0.258. The number of carbonyl (C=O) groups excluding carboxylic acids is 1. The van der Waals surface area contributed by atoms with Gasteiger partial charge in [-0.3, -0.25) is 4.79 Å². The Hall–Kier alpha value is -2.61. The molecule has 1 aromatic heterocycles. The lowest BCUT2D eigenvalue weighted by atomic mass is 10.1. The monoisotopic (exact) mass is 281 g/mol. The summed E-state index contributed by atoms with van der Waals surface area (Å²) >= 11 is 0. The van der Waals surface area contributed by atoms with Crippen molar-refractivity contribution in [2.45, 2.75) is 32.1 Å². The molecular weight excluding hydrogens is 266 g/mol. The van der Waals surface area contributed by atoms with Gasteiger partial charge in [-0.15, -0.1) is 0 Å². The normalized spacial score (nSPS) is 13.9. The number of rotatable bonds is 2. The third-order valence-corrected chi connectivity index (χ3v) is 3.69. The summed E-state index contributed by atoms with van der Waals surface area (Å²) in [5.74, 6) is 0.587. The number of benzene rings is 1. The molecule has 1 heterocycles. The number of hydrogen-bond donors (Lipinski definition) is 1. The van der Waals surface area contributed by atoms with E-state index >= 15 is 0 Å². The Balaban J connectivity index is 1.79. The van der Waals surface area contributed by atoms with E-state index in [-0.39, 0.29) is 5.91 Å². The maximum atomic E-state index is 12.3. The summed E-state index contributed by atoms with van der Waals surface area (Å²) in [5.41, 5.74) is 2.53. The van der Waals surface area contributed by atoms with Crippen molar-refractivity contribution in [2.75, 3.05) is 5.32 Å². The number of anilines is 1. The molecule has 5 heteroatoms. The van der Waals surface area contributed by atoms with Gasteiger partial charge in [-0.1, -0.05) is 11.6 Å². The largest absolute Gasteiger partial charge is 0.360 e. The zero-order chi connectivity index (χ0) is 14.7. The van der Waals surface area contributed by atoms with Crippen molar-refractivity contribution in [3.63, 3.8) is 0 Å². The molecule has 0 saturated heterocycles. The van der Waals surface area contributed by atoms with E-state index in [1.807, 2.05) is 6.07 Å². The van der Waals surface area contributed by atoms with Gasteiger partial charge >= 0.3 is 0 Å². The molecule has 0 spiro atoms. The highest BCUT2D eigenvalue weighted by Gasteiger charge is 2.23. The van der Waals surface area contributed by atoms with Gasteiger partial charge in [0, 0.05) is 17.7 Å². The summed E-state index contributed by atoms with van der Waals surface area (Å²) in [4.78, 5) is 12.3. The van der Waals surface area contributed by atoms with Crippen LogP contribution in [0.3, 0.4) is 0 Å². The number of aryl methyl sites for hydroxylation is 1. The maximum Gasteiger partial charge on any atom is 0.278 e. The van der Waals surface area contributed by atoms with Gasteiger partial charge < -0.3 is 9.84 Å². The standard InChI is InChI=1S/C16H15N3O2/c17-10-11-6-8-12(9-7-11)18-16(20)15-13-4-2-1-3-5-14(13)21-19-15/h6-9H,1-5H2,(H,18,20). The lowest BCUT2D eigenvalue weighted by Crippen LogP contribution is -2.14. The Morgan fingerprint density at radius 2 is 1.95 bits per heavy atom. The van der Waals surface area contributed by atoms with Crippen molar-refractivity contribution < 1.29 is 9.32 Å². The van der Waals surface area contributed by atoms with Crippen LogP contribution in [0.4, 0.5) is 5.69 Å². The van der Waals surface area contributed by atoms with E-state index in [1.165, 1.54) is 0 Å². The first-order valence-electron chi connectivity index (χ1n) is 7.07. The molecule has 1 amide bonds. The van der Waals surface area contributed by atoms with Gasteiger partial charge in [-0.05, 0) is 43.5 Å². The molecule has 0 saturated carbocycles. The highest BCUT2D eigenvalue weighted by atomic mass is 16.5. The zero-order valence-electron chi connectivity index (χ0n) is 11.6. The van der Waals surface area contributed by atoms with Crippen LogP contribution in [0.2, 0.25) is 0 Å². The number of hydrogen-bond acceptors (Lipinski definition) is 4. The van der Waals surface area contributed by atoms with Crippen LogP contribution in [0.5, 0.6) is 0 Å². The maximum absolute atomic E-state index is 12.3. The summed E-state index contributed by atoms with van der Waals surface area (Å²) in [6, 6.07) is 8.78. The van der Waals surface area contributed by atoms with E-state index < -0.39 is 0 Å². The SMILES string of the molecule is N#Cc1ccc(NC(=O)c2noc3c2CCCCC3)cc1. The van der Waals surface area contributed by atoms with Crippen molar-refractivity contribution in [1.29, 1.82) is 5.26 Å². The Kier molecular flexibility index (Phi) is 3.69. The number of nitrogens with one attached hydrogen (secondary N) is 1. The van der Waals surface area contributed by atoms with Crippen LogP contribution in [0.1, 0.15) is 46.6 Å². The highest BCUT2D eigenvalue weighted by Crippen LogP contribution is 2.24. The van der Waals surface area contributed by atoms with Crippen molar-refractivity contribution in [2.24, 2.45) is 0 Å². The molecule has 1 N–H and O–H groups in total. The second-order valence-electron chi connectivity index (χ2n) is 5.14. The minimum Gasteiger partial charge on any atom is -0.360 e. The van der Waals surface area contributed by atoms with Crippen molar-refractivity contribution >= 4 is 11.6 Å². The molecule has 1 aliphatic carbocycles. The molecule has 0 fully saturated rings. The Morgan fingerprint density at radius 3 is 2.71 bits per heavy atom. The Labute approximate surface area is 122 Å². The lowest BCUT2D eigenvalue weighted by molar-refractivity contribution is 0.101. The number of aromatic nitrogens is 1. The van der Waals surface area contributed by atoms with E-state index in [0.29, 0.717) is 16.9 Å². The molecule has 0 bridgehead atoms. The van der Waals surface area contributed by atoms with Gasteiger partial charge in [0.05, 0.1) is 11.6 Å². The van der Waals surface area contributed by atoms with E-state index in [9.17, 15) is 4.79 Å². The Morgan fingerprint density at radius 1 is 1.19 bits per heavy atom.